The number of rotatable bonds is 5. The molecule has 0 aliphatic heterocycles. The van der Waals surface area contributed by atoms with Gasteiger partial charge in [-0.1, -0.05) is 18.2 Å². The maximum Gasteiger partial charge on any atom is 0.727 e. The molecule has 0 saturated heterocycles. The van der Waals surface area contributed by atoms with Gasteiger partial charge in [0.1, 0.15) is 17.2 Å². The van der Waals surface area contributed by atoms with Crippen molar-refractivity contribution >= 4 is 12.6 Å². The van der Waals surface area contributed by atoms with Gasteiger partial charge in [0.15, 0.2) is 0 Å². The number of ether oxygens (including phenoxy) is 2. The van der Waals surface area contributed by atoms with Gasteiger partial charge in [-0.15, -0.1) is 0 Å². The van der Waals surface area contributed by atoms with E-state index >= 15 is 0 Å². The Kier molecular flexibility index (Phi) is 4.66. The van der Waals surface area contributed by atoms with Crippen molar-refractivity contribution in [2.24, 2.45) is 0 Å². The van der Waals surface area contributed by atoms with Crippen LogP contribution in [0.5, 0.6) is 17.2 Å². The van der Waals surface area contributed by atoms with Crippen LogP contribution in [-0.4, -0.2) is 23.3 Å². The maximum atomic E-state index is 9.13. The zero-order valence-corrected chi connectivity index (χ0v) is 11.5. The lowest BCUT2D eigenvalue weighted by Gasteiger charge is -2.11. The van der Waals surface area contributed by atoms with E-state index in [0.29, 0.717) is 17.0 Å². The summed E-state index contributed by atoms with van der Waals surface area (Å²) in [4.78, 5) is 0. The zero-order valence-electron chi connectivity index (χ0n) is 11.5. The molecule has 0 saturated carbocycles. The van der Waals surface area contributed by atoms with Gasteiger partial charge < -0.3 is 19.5 Å². The van der Waals surface area contributed by atoms with Crippen molar-refractivity contribution < 1.29 is 19.5 Å². The minimum Gasteiger partial charge on any atom is -0.522 e. The first kappa shape index (κ1) is 14.4. The van der Waals surface area contributed by atoms with Crippen molar-refractivity contribution in [2.45, 2.75) is 20.0 Å². The normalized spacial score (nSPS) is 10.4. The fraction of sp³-hybridized carbons (Fsp3) is 0.200. The average Bonchev–Trinajstić information content (AvgIpc) is 2.39. The molecule has 2 aromatic carbocycles. The van der Waals surface area contributed by atoms with E-state index in [1.165, 1.54) is 0 Å². The van der Waals surface area contributed by atoms with Gasteiger partial charge in [-0.2, -0.15) is 0 Å². The highest BCUT2D eigenvalue weighted by Gasteiger charge is 2.21. The molecule has 20 heavy (non-hydrogen) atoms. The van der Waals surface area contributed by atoms with Crippen LogP contribution in [0.4, 0.5) is 0 Å². The summed E-state index contributed by atoms with van der Waals surface area (Å²) in [6, 6.07) is 14.2. The fourth-order valence-corrected chi connectivity index (χ4v) is 1.74. The molecule has 2 rings (SSSR count). The molecule has 0 unspecified atom stereocenters. The summed E-state index contributed by atoms with van der Waals surface area (Å²) in [5, 5.41) is 16.3. The SMILES string of the molecule is CC(C)Oc1cccc(Oc2ccc(B(O)[OH2+])cc2)c1. The molecule has 104 valence electrons. The standard InChI is InChI=1S/C15H17BO4/c1-11(2)19-14-4-3-5-15(10-14)20-13-8-6-12(7-9-13)16(17)18/h3-11,17-18H,1-2H3/p+1. The first-order valence-corrected chi connectivity index (χ1v) is 6.48. The lowest BCUT2D eigenvalue weighted by Crippen LogP contribution is -2.29. The lowest BCUT2D eigenvalue weighted by molar-refractivity contribution is 0.241. The first-order chi connectivity index (χ1) is 9.54. The molecule has 3 N–H and O–H groups in total. The summed E-state index contributed by atoms with van der Waals surface area (Å²) in [6.45, 7) is 3.94. The Morgan fingerprint density at radius 1 is 1.00 bits per heavy atom. The number of benzene rings is 2. The molecule has 0 bridgehead atoms. The molecule has 0 aromatic heterocycles. The number of hydrogen-bond acceptors (Lipinski definition) is 3. The molecule has 0 fully saturated rings. The van der Waals surface area contributed by atoms with E-state index in [4.69, 9.17) is 19.5 Å². The number of hydrogen-bond donors (Lipinski definition) is 1. The van der Waals surface area contributed by atoms with E-state index in [1.54, 1.807) is 24.3 Å². The van der Waals surface area contributed by atoms with Crippen molar-refractivity contribution in [1.82, 2.24) is 0 Å². The van der Waals surface area contributed by atoms with Crippen molar-refractivity contribution in [2.75, 3.05) is 0 Å². The van der Waals surface area contributed by atoms with E-state index in [-0.39, 0.29) is 6.10 Å². The van der Waals surface area contributed by atoms with Gasteiger partial charge in [0.25, 0.3) is 0 Å². The largest absolute Gasteiger partial charge is 0.727 e. The quantitative estimate of drug-likeness (QED) is 0.666. The maximum absolute atomic E-state index is 9.13. The highest BCUT2D eigenvalue weighted by molar-refractivity contribution is 6.58. The van der Waals surface area contributed by atoms with Crippen LogP contribution in [0.15, 0.2) is 48.5 Å². The van der Waals surface area contributed by atoms with Crippen LogP contribution in [0.3, 0.4) is 0 Å². The van der Waals surface area contributed by atoms with E-state index in [2.05, 4.69) is 0 Å². The van der Waals surface area contributed by atoms with Crippen molar-refractivity contribution in [1.29, 1.82) is 0 Å². The van der Waals surface area contributed by atoms with Crippen LogP contribution in [0, 0.1) is 0 Å². The summed E-state index contributed by atoms with van der Waals surface area (Å²) >= 11 is 0. The Labute approximate surface area is 118 Å². The summed E-state index contributed by atoms with van der Waals surface area (Å²) in [7, 11) is -1.22. The molecule has 0 atom stereocenters. The van der Waals surface area contributed by atoms with Gasteiger partial charge in [0, 0.05) is 11.5 Å². The highest BCUT2D eigenvalue weighted by atomic mass is 16.5. The van der Waals surface area contributed by atoms with Crippen molar-refractivity contribution in [3.63, 3.8) is 0 Å². The Morgan fingerprint density at radius 2 is 1.65 bits per heavy atom. The third-order valence-electron chi connectivity index (χ3n) is 2.61. The summed E-state index contributed by atoms with van der Waals surface area (Å²) in [5.41, 5.74) is 0.536. The smallest absolute Gasteiger partial charge is 0.522 e. The second kappa shape index (κ2) is 6.46. The Bertz CT molecular complexity index is 552. The molecule has 5 heteroatoms. The first-order valence-electron chi connectivity index (χ1n) is 6.48. The fourth-order valence-electron chi connectivity index (χ4n) is 1.74. The van der Waals surface area contributed by atoms with Crippen molar-refractivity contribution in [3.05, 3.63) is 48.5 Å². The zero-order chi connectivity index (χ0) is 14.5. The monoisotopic (exact) mass is 273 g/mol. The molecule has 4 nitrogen and oxygen atoms in total. The third kappa shape index (κ3) is 4.01. The van der Waals surface area contributed by atoms with Crippen LogP contribution in [0.25, 0.3) is 0 Å². The van der Waals surface area contributed by atoms with E-state index < -0.39 is 7.12 Å². The van der Waals surface area contributed by atoms with E-state index in [9.17, 15) is 0 Å². The Morgan fingerprint density at radius 3 is 2.25 bits per heavy atom. The van der Waals surface area contributed by atoms with Crippen LogP contribution >= 0.6 is 0 Å². The topological polar surface area (TPSA) is 61.6 Å². The van der Waals surface area contributed by atoms with E-state index in [0.717, 1.165) is 5.75 Å². The molecule has 0 spiro atoms. The van der Waals surface area contributed by atoms with Crippen molar-refractivity contribution in [3.8, 4) is 17.2 Å². The van der Waals surface area contributed by atoms with Gasteiger partial charge >= 0.3 is 7.12 Å². The van der Waals surface area contributed by atoms with Gasteiger partial charge in [0.2, 0.25) is 0 Å². The second-order valence-electron chi connectivity index (χ2n) is 4.72. The van der Waals surface area contributed by atoms with E-state index in [1.807, 2.05) is 38.1 Å². The predicted octanol–water partition coefficient (Wildman–Crippen LogP) is 1.68. The van der Waals surface area contributed by atoms with Crippen LogP contribution in [0.1, 0.15) is 13.8 Å². The van der Waals surface area contributed by atoms with Gasteiger partial charge in [-0.3, -0.25) is 0 Å². The molecule has 0 amide bonds. The van der Waals surface area contributed by atoms with Crippen LogP contribution in [-0.2, 0) is 0 Å². The lowest BCUT2D eigenvalue weighted by atomic mass is 9.80. The van der Waals surface area contributed by atoms with Crippen LogP contribution < -0.4 is 14.9 Å². The second-order valence-corrected chi connectivity index (χ2v) is 4.72. The molecule has 0 aliphatic carbocycles. The molecule has 0 aliphatic rings. The van der Waals surface area contributed by atoms with Gasteiger partial charge in [-0.05, 0) is 38.1 Å². The van der Waals surface area contributed by atoms with Crippen LogP contribution in [0.2, 0.25) is 0 Å². The van der Waals surface area contributed by atoms with Gasteiger partial charge in [0.05, 0.1) is 6.10 Å². The molecular weight excluding hydrogens is 255 g/mol. The average molecular weight is 273 g/mol. The third-order valence-corrected chi connectivity index (χ3v) is 2.61. The Balaban J connectivity index is 2.09. The van der Waals surface area contributed by atoms with Gasteiger partial charge in [-0.25, -0.2) is 0 Å². The molecule has 0 heterocycles. The highest BCUT2D eigenvalue weighted by Crippen LogP contribution is 2.25. The summed E-state index contributed by atoms with van der Waals surface area (Å²) < 4.78 is 11.3. The Hall–Kier alpha value is -1.98. The molecule has 2 aromatic rings. The molecular formula is C15H18BO4+. The predicted molar refractivity (Wildman–Crippen MR) is 79.9 cm³/mol. The summed E-state index contributed by atoms with van der Waals surface area (Å²) in [6.07, 6.45) is 0.114. The molecule has 0 radical (unpaired) electrons. The minimum atomic E-state index is -1.22. The minimum absolute atomic E-state index is 0.114. The summed E-state index contributed by atoms with van der Waals surface area (Å²) in [5.74, 6) is 2.09.